The van der Waals surface area contributed by atoms with E-state index in [0.29, 0.717) is 0 Å². The van der Waals surface area contributed by atoms with Crippen LogP contribution in [0.4, 0.5) is 0 Å². The van der Waals surface area contributed by atoms with Crippen LogP contribution in [0.25, 0.3) is 0 Å². The third-order valence-corrected chi connectivity index (χ3v) is 2.61. The van der Waals surface area contributed by atoms with Gasteiger partial charge in [0.25, 0.3) is 0 Å². The average molecular weight is 288 g/mol. The number of esters is 1. The van der Waals surface area contributed by atoms with Crippen molar-refractivity contribution in [1.82, 2.24) is 9.55 Å². The first-order valence-corrected chi connectivity index (χ1v) is 5.44. The first-order valence-electron chi connectivity index (χ1n) is 4.30. The van der Waals surface area contributed by atoms with Gasteiger partial charge in [-0.15, -0.1) is 0 Å². The highest BCUT2D eigenvalue weighted by Gasteiger charge is 2.11. The van der Waals surface area contributed by atoms with Gasteiger partial charge in [-0.3, -0.25) is 9.36 Å². The molecule has 0 N–H and O–H groups in total. The third kappa shape index (κ3) is 3.83. The van der Waals surface area contributed by atoms with Gasteiger partial charge in [-0.25, -0.2) is 4.98 Å². The molecule has 0 aliphatic carbocycles. The van der Waals surface area contributed by atoms with E-state index < -0.39 is 0 Å². The SMILES string of the molecule is CC(=O)OCCOCn1c(Cl)nc(Cl)c1Cl. The molecule has 0 aromatic carbocycles. The Labute approximate surface area is 107 Å². The zero-order valence-electron chi connectivity index (χ0n) is 8.37. The Hall–Kier alpha value is -0.490. The van der Waals surface area contributed by atoms with Gasteiger partial charge < -0.3 is 9.47 Å². The molecule has 8 heteroatoms. The highest BCUT2D eigenvalue weighted by Crippen LogP contribution is 2.25. The van der Waals surface area contributed by atoms with Crippen LogP contribution in [0.3, 0.4) is 0 Å². The van der Waals surface area contributed by atoms with Crippen LogP contribution in [0.1, 0.15) is 6.92 Å². The van der Waals surface area contributed by atoms with Gasteiger partial charge in [0.1, 0.15) is 13.3 Å². The molecule has 0 atom stereocenters. The molecule has 0 unspecified atom stereocenters. The highest BCUT2D eigenvalue weighted by molar-refractivity contribution is 6.41. The van der Waals surface area contributed by atoms with Gasteiger partial charge >= 0.3 is 5.97 Å². The molecule has 0 radical (unpaired) electrons. The van der Waals surface area contributed by atoms with Crippen LogP contribution in [0.2, 0.25) is 15.6 Å². The van der Waals surface area contributed by atoms with Crippen molar-refractivity contribution >= 4 is 40.8 Å². The summed E-state index contributed by atoms with van der Waals surface area (Å²) >= 11 is 17.2. The lowest BCUT2D eigenvalue weighted by Crippen LogP contribution is -2.10. The summed E-state index contributed by atoms with van der Waals surface area (Å²) in [6.07, 6.45) is 0. The van der Waals surface area contributed by atoms with Gasteiger partial charge in [0, 0.05) is 6.92 Å². The summed E-state index contributed by atoms with van der Waals surface area (Å²) in [6, 6.07) is 0. The average Bonchev–Trinajstić information content (AvgIpc) is 2.43. The van der Waals surface area contributed by atoms with Gasteiger partial charge in [0.2, 0.25) is 5.28 Å². The van der Waals surface area contributed by atoms with E-state index in [0.717, 1.165) is 0 Å². The topological polar surface area (TPSA) is 53.4 Å². The van der Waals surface area contributed by atoms with E-state index in [1.807, 2.05) is 0 Å². The van der Waals surface area contributed by atoms with Crippen molar-refractivity contribution in [2.75, 3.05) is 13.2 Å². The van der Waals surface area contributed by atoms with Gasteiger partial charge in [0.05, 0.1) is 6.61 Å². The number of aromatic nitrogens is 2. The van der Waals surface area contributed by atoms with E-state index in [2.05, 4.69) is 9.72 Å². The predicted octanol–water partition coefficient (Wildman–Crippen LogP) is 2.38. The minimum absolute atomic E-state index is 0.0959. The molecule has 1 rings (SSSR count). The smallest absolute Gasteiger partial charge is 0.302 e. The maximum Gasteiger partial charge on any atom is 0.302 e. The van der Waals surface area contributed by atoms with Crippen LogP contribution >= 0.6 is 34.8 Å². The van der Waals surface area contributed by atoms with Crippen LogP contribution in [0, 0.1) is 0 Å². The summed E-state index contributed by atoms with van der Waals surface area (Å²) in [5.41, 5.74) is 0. The molecule has 0 spiro atoms. The fraction of sp³-hybridized carbons (Fsp3) is 0.500. The first kappa shape index (κ1) is 13.6. The van der Waals surface area contributed by atoms with E-state index >= 15 is 0 Å². The molecule has 16 heavy (non-hydrogen) atoms. The van der Waals surface area contributed by atoms with Crippen molar-refractivity contribution in [2.24, 2.45) is 0 Å². The van der Waals surface area contributed by atoms with Crippen molar-refractivity contribution in [2.45, 2.75) is 13.7 Å². The van der Waals surface area contributed by atoms with E-state index in [4.69, 9.17) is 39.5 Å². The molecule has 0 saturated heterocycles. The van der Waals surface area contributed by atoms with E-state index in [9.17, 15) is 4.79 Å². The van der Waals surface area contributed by atoms with E-state index in [1.165, 1.54) is 11.5 Å². The summed E-state index contributed by atoms with van der Waals surface area (Å²) < 4.78 is 11.2. The fourth-order valence-electron chi connectivity index (χ4n) is 0.890. The lowest BCUT2D eigenvalue weighted by molar-refractivity contribution is -0.142. The molecule has 0 saturated carbocycles. The number of carbonyl (C=O) groups is 1. The number of imidazole rings is 1. The van der Waals surface area contributed by atoms with Crippen LogP contribution in [-0.2, 0) is 21.0 Å². The number of ether oxygens (including phenoxy) is 2. The quantitative estimate of drug-likeness (QED) is 0.616. The molecular formula is C8H9Cl3N2O3. The Morgan fingerprint density at radius 3 is 2.56 bits per heavy atom. The van der Waals surface area contributed by atoms with E-state index in [1.54, 1.807) is 0 Å². The van der Waals surface area contributed by atoms with Crippen LogP contribution < -0.4 is 0 Å². The summed E-state index contributed by atoms with van der Waals surface area (Å²) in [7, 11) is 0. The Morgan fingerprint density at radius 1 is 1.38 bits per heavy atom. The molecule has 5 nitrogen and oxygen atoms in total. The monoisotopic (exact) mass is 286 g/mol. The zero-order chi connectivity index (χ0) is 12.1. The van der Waals surface area contributed by atoms with Gasteiger partial charge in [0.15, 0.2) is 10.3 Å². The third-order valence-electron chi connectivity index (χ3n) is 1.57. The molecular weight excluding hydrogens is 278 g/mol. The Balaban J connectivity index is 2.34. The number of hydrogen-bond donors (Lipinski definition) is 0. The highest BCUT2D eigenvalue weighted by atomic mass is 35.5. The Kier molecular flexibility index (Phi) is 5.34. The molecule has 0 aliphatic rings. The normalized spacial score (nSPS) is 10.5. The summed E-state index contributed by atoms with van der Waals surface area (Å²) in [5, 5.41) is 0.469. The number of rotatable bonds is 5. The van der Waals surface area contributed by atoms with Crippen molar-refractivity contribution in [3.8, 4) is 0 Å². The molecule has 90 valence electrons. The fourth-order valence-corrected chi connectivity index (χ4v) is 1.55. The molecule has 1 aromatic rings. The van der Waals surface area contributed by atoms with Crippen LogP contribution in [-0.4, -0.2) is 28.7 Å². The van der Waals surface area contributed by atoms with Crippen molar-refractivity contribution in [3.05, 3.63) is 15.6 Å². The summed E-state index contributed by atoms with van der Waals surface area (Å²) in [5.74, 6) is -0.356. The zero-order valence-corrected chi connectivity index (χ0v) is 10.6. The second-order valence-corrected chi connectivity index (χ2v) is 3.82. The minimum atomic E-state index is -0.356. The molecule has 0 amide bonds. The lowest BCUT2D eigenvalue weighted by atomic mass is 10.7. The first-order chi connectivity index (χ1) is 7.52. The molecule has 0 aliphatic heterocycles. The second-order valence-electron chi connectivity index (χ2n) is 2.77. The van der Waals surface area contributed by atoms with Crippen molar-refractivity contribution in [1.29, 1.82) is 0 Å². The number of nitrogens with zero attached hydrogens (tertiary/aromatic N) is 2. The van der Waals surface area contributed by atoms with Crippen molar-refractivity contribution in [3.63, 3.8) is 0 Å². The largest absolute Gasteiger partial charge is 0.463 e. The van der Waals surface area contributed by atoms with Gasteiger partial charge in [-0.1, -0.05) is 23.2 Å². The van der Waals surface area contributed by atoms with Gasteiger partial charge in [-0.05, 0) is 11.6 Å². The Morgan fingerprint density at radius 2 is 2.06 bits per heavy atom. The number of halogens is 3. The predicted molar refractivity (Wildman–Crippen MR) is 59.8 cm³/mol. The van der Waals surface area contributed by atoms with E-state index in [-0.39, 0.29) is 41.5 Å². The number of carbonyl (C=O) groups excluding carboxylic acids is 1. The van der Waals surface area contributed by atoms with Gasteiger partial charge in [-0.2, -0.15) is 0 Å². The molecule has 0 fully saturated rings. The second kappa shape index (κ2) is 6.30. The summed E-state index contributed by atoms with van der Waals surface area (Å²) in [6.45, 7) is 1.83. The minimum Gasteiger partial charge on any atom is -0.463 e. The molecule has 0 bridgehead atoms. The standard InChI is InChI=1S/C8H9Cl3N2O3/c1-5(14)16-3-2-15-4-13-7(10)6(9)12-8(13)11/h2-4H2,1H3. The van der Waals surface area contributed by atoms with Crippen LogP contribution in [0.15, 0.2) is 0 Å². The summed E-state index contributed by atoms with van der Waals surface area (Å²) in [4.78, 5) is 14.2. The Bertz CT molecular complexity index is 381. The lowest BCUT2D eigenvalue weighted by Gasteiger charge is -2.06. The maximum absolute atomic E-state index is 10.4. The van der Waals surface area contributed by atoms with Crippen LogP contribution in [0.5, 0.6) is 0 Å². The maximum atomic E-state index is 10.4. The molecule has 1 aromatic heterocycles. The van der Waals surface area contributed by atoms with Crippen molar-refractivity contribution < 1.29 is 14.3 Å². The molecule has 1 heterocycles. The number of hydrogen-bond acceptors (Lipinski definition) is 4.